The van der Waals surface area contributed by atoms with Gasteiger partial charge in [-0.15, -0.1) is 0 Å². The highest BCUT2D eigenvalue weighted by Gasteiger charge is 1.97. The first-order valence-electron chi connectivity index (χ1n) is 3.43. The molecule has 0 aliphatic heterocycles. The topological polar surface area (TPSA) is 49.2 Å². The van der Waals surface area contributed by atoms with Crippen LogP contribution in [0.5, 0.6) is 0 Å². The zero-order valence-electron chi connectivity index (χ0n) is 6.44. The molecule has 0 aliphatic carbocycles. The lowest BCUT2D eigenvalue weighted by atomic mass is 10.4. The van der Waals surface area contributed by atoms with E-state index in [4.69, 9.17) is 5.11 Å². The molecule has 0 bridgehead atoms. The molecule has 1 N–H and O–H groups in total. The van der Waals surface area contributed by atoms with Crippen LogP contribution in [0.2, 0.25) is 0 Å². The fourth-order valence-corrected chi connectivity index (χ4v) is 0.789. The lowest BCUT2D eigenvalue weighted by Gasteiger charge is -2.16. The first-order valence-corrected chi connectivity index (χ1v) is 3.43. The summed E-state index contributed by atoms with van der Waals surface area (Å²) >= 11 is 0. The van der Waals surface area contributed by atoms with Crippen LogP contribution in [0.15, 0.2) is 18.5 Å². The third kappa shape index (κ3) is 2.16. The number of rotatable bonds is 3. The average molecular weight is 153 g/mol. The van der Waals surface area contributed by atoms with Crippen molar-refractivity contribution in [2.24, 2.45) is 0 Å². The van der Waals surface area contributed by atoms with Crippen LogP contribution >= 0.6 is 0 Å². The molecule has 0 fully saturated rings. The second kappa shape index (κ2) is 3.88. The fraction of sp³-hybridized carbons (Fsp3) is 0.429. The Labute approximate surface area is 65.5 Å². The van der Waals surface area contributed by atoms with Crippen LogP contribution in [-0.2, 0) is 0 Å². The Kier molecular flexibility index (Phi) is 2.80. The van der Waals surface area contributed by atoms with Crippen molar-refractivity contribution in [3.05, 3.63) is 18.5 Å². The molecule has 0 aliphatic rings. The summed E-state index contributed by atoms with van der Waals surface area (Å²) in [5, 5.41) is 16.0. The van der Waals surface area contributed by atoms with E-state index in [2.05, 4.69) is 10.2 Å². The summed E-state index contributed by atoms with van der Waals surface area (Å²) in [7, 11) is 1.90. The monoisotopic (exact) mass is 153 g/mol. The Morgan fingerprint density at radius 2 is 2.36 bits per heavy atom. The zero-order chi connectivity index (χ0) is 8.10. The van der Waals surface area contributed by atoms with Crippen LogP contribution in [0.4, 0.5) is 5.69 Å². The lowest BCUT2D eigenvalue weighted by molar-refractivity contribution is 0.304. The summed E-state index contributed by atoms with van der Waals surface area (Å²) < 4.78 is 0. The molecule has 11 heavy (non-hydrogen) atoms. The van der Waals surface area contributed by atoms with Gasteiger partial charge in [-0.1, -0.05) is 0 Å². The fourth-order valence-electron chi connectivity index (χ4n) is 0.789. The van der Waals surface area contributed by atoms with Gasteiger partial charge >= 0.3 is 0 Å². The molecule has 4 heteroatoms. The van der Waals surface area contributed by atoms with Crippen LogP contribution in [0.25, 0.3) is 0 Å². The summed E-state index contributed by atoms with van der Waals surface area (Å²) in [4.78, 5) is 1.91. The molecular weight excluding hydrogens is 142 g/mol. The van der Waals surface area contributed by atoms with Gasteiger partial charge in [0, 0.05) is 13.6 Å². The van der Waals surface area contributed by atoms with E-state index < -0.39 is 0 Å². The smallest absolute Gasteiger partial charge is 0.0729 e. The molecule has 0 unspecified atom stereocenters. The van der Waals surface area contributed by atoms with E-state index in [1.165, 1.54) is 0 Å². The summed E-state index contributed by atoms with van der Waals surface area (Å²) in [5.41, 5.74) is 0.967. The van der Waals surface area contributed by atoms with Gasteiger partial charge in [0.05, 0.1) is 24.7 Å². The number of nitrogens with zero attached hydrogens (tertiary/aromatic N) is 3. The molecule has 0 amide bonds. The number of anilines is 1. The van der Waals surface area contributed by atoms with Crippen LogP contribution < -0.4 is 4.90 Å². The van der Waals surface area contributed by atoms with Gasteiger partial charge in [0.2, 0.25) is 0 Å². The number of aliphatic hydroxyl groups excluding tert-OH is 1. The van der Waals surface area contributed by atoms with Crippen LogP contribution in [-0.4, -0.2) is 35.5 Å². The number of likely N-dealkylation sites (N-methyl/N-ethyl adjacent to an activating group) is 1. The first kappa shape index (κ1) is 7.94. The summed E-state index contributed by atoms with van der Waals surface area (Å²) in [6.45, 7) is 0.768. The molecule has 1 rings (SSSR count). The Morgan fingerprint density at radius 3 is 2.91 bits per heavy atom. The summed E-state index contributed by atoms with van der Waals surface area (Å²) in [6.07, 6.45) is 3.29. The Morgan fingerprint density at radius 1 is 1.55 bits per heavy atom. The van der Waals surface area contributed by atoms with Crippen molar-refractivity contribution in [1.29, 1.82) is 0 Å². The van der Waals surface area contributed by atoms with Gasteiger partial charge in [0.25, 0.3) is 0 Å². The molecule has 0 saturated carbocycles. The average Bonchev–Trinajstić information content (AvgIpc) is 2.07. The highest BCUT2D eigenvalue weighted by molar-refractivity contribution is 5.41. The minimum atomic E-state index is 0.152. The van der Waals surface area contributed by atoms with Crippen molar-refractivity contribution in [3.63, 3.8) is 0 Å². The highest BCUT2D eigenvalue weighted by atomic mass is 16.3. The normalized spacial score (nSPS) is 9.64. The summed E-state index contributed by atoms with van der Waals surface area (Å²) in [6, 6.07) is 1.85. The van der Waals surface area contributed by atoms with E-state index in [-0.39, 0.29) is 6.61 Å². The van der Waals surface area contributed by atoms with E-state index in [9.17, 15) is 0 Å². The van der Waals surface area contributed by atoms with Gasteiger partial charge in [-0.25, -0.2) is 0 Å². The predicted molar refractivity (Wildman–Crippen MR) is 42.4 cm³/mol. The molecule has 4 nitrogen and oxygen atoms in total. The number of hydrogen-bond acceptors (Lipinski definition) is 4. The predicted octanol–water partition coefficient (Wildman–Crippen LogP) is -0.0949. The van der Waals surface area contributed by atoms with Gasteiger partial charge in [0.15, 0.2) is 0 Å². The molecule has 0 spiro atoms. The molecule has 1 aromatic rings. The Bertz CT molecular complexity index is 202. The van der Waals surface area contributed by atoms with Crippen molar-refractivity contribution >= 4 is 5.69 Å². The third-order valence-corrected chi connectivity index (χ3v) is 1.44. The van der Waals surface area contributed by atoms with Crippen molar-refractivity contribution < 1.29 is 5.11 Å². The maximum atomic E-state index is 8.62. The van der Waals surface area contributed by atoms with Gasteiger partial charge in [-0.2, -0.15) is 10.2 Å². The van der Waals surface area contributed by atoms with Crippen LogP contribution in [0.1, 0.15) is 0 Å². The van der Waals surface area contributed by atoms with Crippen molar-refractivity contribution in [1.82, 2.24) is 10.2 Å². The minimum absolute atomic E-state index is 0.152. The molecule has 1 aromatic heterocycles. The molecule has 0 aromatic carbocycles. The maximum absolute atomic E-state index is 8.62. The number of hydrogen-bond donors (Lipinski definition) is 1. The Balaban J connectivity index is 2.61. The lowest BCUT2D eigenvalue weighted by Crippen LogP contribution is -2.21. The van der Waals surface area contributed by atoms with Crippen molar-refractivity contribution in [2.45, 2.75) is 0 Å². The van der Waals surface area contributed by atoms with Gasteiger partial charge in [-0.05, 0) is 6.07 Å². The molecule has 0 atom stereocenters. The van der Waals surface area contributed by atoms with Crippen LogP contribution in [0, 0.1) is 0 Å². The van der Waals surface area contributed by atoms with E-state index in [1.54, 1.807) is 12.4 Å². The SMILES string of the molecule is CN(CCO)c1ccnnc1. The van der Waals surface area contributed by atoms with Crippen LogP contribution in [0.3, 0.4) is 0 Å². The zero-order valence-corrected chi connectivity index (χ0v) is 6.44. The largest absolute Gasteiger partial charge is 0.395 e. The van der Waals surface area contributed by atoms with Gasteiger partial charge in [0.1, 0.15) is 0 Å². The summed E-state index contributed by atoms with van der Waals surface area (Å²) in [5.74, 6) is 0. The minimum Gasteiger partial charge on any atom is -0.395 e. The number of aliphatic hydroxyl groups is 1. The third-order valence-electron chi connectivity index (χ3n) is 1.44. The maximum Gasteiger partial charge on any atom is 0.0729 e. The van der Waals surface area contributed by atoms with E-state index in [1.807, 2.05) is 18.0 Å². The van der Waals surface area contributed by atoms with Gasteiger partial charge in [-0.3, -0.25) is 0 Å². The van der Waals surface area contributed by atoms with Gasteiger partial charge < -0.3 is 10.0 Å². The standard InChI is InChI=1S/C7H11N3O/c1-10(4-5-11)7-2-3-8-9-6-7/h2-3,6,11H,4-5H2,1H3. The Hall–Kier alpha value is -1.16. The second-order valence-corrected chi connectivity index (χ2v) is 2.25. The van der Waals surface area contributed by atoms with Crippen molar-refractivity contribution in [2.75, 3.05) is 25.1 Å². The molecule has 60 valence electrons. The second-order valence-electron chi connectivity index (χ2n) is 2.25. The first-order chi connectivity index (χ1) is 5.34. The van der Waals surface area contributed by atoms with E-state index >= 15 is 0 Å². The molecular formula is C7H11N3O. The van der Waals surface area contributed by atoms with E-state index in [0.717, 1.165) is 5.69 Å². The van der Waals surface area contributed by atoms with E-state index in [0.29, 0.717) is 6.54 Å². The number of aromatic nitrogens is 2. The molecule has 0 saturated heterocycles. The molecule has 1 heterocycles. The highest BCUT2D eigenvalue weighted by Crippen LogP contribution is 2.06. The van der Waals surface area contributed by atoms with Crippen molar-refractivity contribution in [3.8, 4) is 0 Å². The molecule has 0 radical (unpaired) electrons. The quantitative estimate of drug-likeness (QED) is 0.659.